The summed E-state index contributed by atoms with van der Waals surface area (Å²) in [5.74, 6) is 0.645. The largest absolute Gasteiger partial charge is 0.250 e. The smallest absolute Gasteiger partial charge is 0.216 e. The molecule has 0 spiro atoms. The lowest BCUT2D eigenvalue weighted by molar-refractivity contribution is 0.590. The van der Waals surface area contributed by atoms with Gasteiger partial charge in [-0.3, -0.25) is 0 Å². The third-order valence-electron chi connectivity index (χ3n) is 3.93. The predicted molar refractivity (Wildman–Crippen MR) is 111 cm³/mol. The number of aromatic nitrogens is 3. The lowest BCUT2D eigenvalue weighted by atomic mass is 9.87. The lowest BCUT2D eigenvalue weighted by Gasteiger charge is -2.18. The van der Waals surface area contributed by atoms with E-state index in [2.05, 4.69) is 48.2 Å². The molecule has 0 atom stereocenters. The van der Waals surface area contributed by atoms with E-state index >= 15 is 0 Å². The summed E-state index contributed by atoms with van der Waals surface area (Å²) >= 11 is 17.3. The van der Waals surface area contributed by atoms with E-state index in [0.29, 0.717) is 20.6 Å². The van der Waals surface area contributed by atoms with Crippen LogP contribution in [0.5, 0.6) is 0 Å². The van der Waals surface area contributed by atoms with Crippen molar-refractivity contribution >= 4 is 41.6 Å². The van der Waals surface area contributed by atoms with Crippen molar-refractivity contribution in [3.05, 3.63) is 68.4 Å². The van der Waals surface area contributed by atoms with Crippen molar-refractivity contribution in [2.45, 2.75) is 26.2 Å². The van der Waals surface area contributed by atoms with Gasteiger partial charge in [0.25, 0.3) is 0 Å². The summed E-state index contributed by atoms with van der Waals surface area (Å²) < 4.78 is 2.00. The Hall–Kier alpha value is -1.95. The Balaban J connectivity index is 1.95. The van der Waals surface area contributed by atoms with E-state index < -0.39 is 0 Å². The molecular weight excluding hydrogens is 387 g/mol. The van der Waals surface area contributed by atoms with E-state index in [0.717, 1.165) is 11.1 Å². The van der Waals surface area contributed by atoms with E-state index in [1.165, 1.54) is 5.56 Å². The Kier molecular flexibility index (Phi) is 5.32. The zero-order valence-electron chi connectivity index (χ0n) is 14.6. The van der Waals surface area contributed by atoms with Crippen LogP contribution in [0, 0.1) is 4.77 Å². The Morgan fingerprint density at radius 1 is 1.08 bits per heavy atom. The number of halogens is 2. The quantitative estimate of drug-likeness (QED) is 0.423. The summed E-state index contributed by atoms with van der Waals surface area (Å²) in [4.78, 5) is 0. The molecule has 0 saturated carbocycles. The van der Waals surface area contributed by atoms with Crippen LogP contribution in [-0.4, -0.2) is 21.1 Å². The molecule has 26 heavy (non-hydrogen) atoms. The molecule has 0 fully saturated rings. The molecule has 0 saturated heterocycles. The number of H-pyrrole nitrogens is 1. The number of aromatic amines is 1. The highest BCUT2D eigenvalue weighted by Crippen LogP contribution is 2.26. The maximum atomic E-state index is 6.04. The summed E-state index contributed by atoms with van der Waals surface area (Å²) in [5, 5.41) is 12.5. The van der Waals surface area contributed by atoms with Crippen LogP contribution in [0.3, 0.4) is 0 Å². The molecule has 2 aromatic carbocycles. The van der Waals surface area contributed by atoms with Crippen molar-refractivity contribution in [1.82, 2.24) is 14.9 Å². The van der Waals surface area contributed by atoms with Crippen molar-refractivity contribution in [1.29, 1.82) is 0 Å². The van der Waals surface area contributed by atoms with Gasteiger partial charge < -0.3 is 0 Å². The number of hydrogen-bond acceptors (Lipinski definition) is 3. The summed E-state index contributed by atoms with van der Waals surface area (Å²) in [6, 6.07) is 13.5. The first-order chi connectivity index (χ1) is 12.3. The van der Waals surface area contributed by atoms with Gasteiger partial charge in [-0.1, -0.05) is 74.3 Å². The Bertz CT molecular complexity index is 1010. The van der Waals surface area contributed by atoms with Gasteiger partial charge in [-0.05, 0) is 40.9 Å². The Morgan fingerprint density at radius 2 is 1.77 bits per heavy atom. The van der Waals surface area contributed by atoms with Crippen LogP contribution < -0.4 is 0 Å². The fraction of sp³-hybridized carbons (Fsp3) is 0.211. The highest BCUT2D eigenvalue weighted by molar-refractivity contribution is 7.71. The summed E-state index contributed by atoms with van der Waals surface area (Å²) in [5.41, 5.74) is 3.09. The normalized spacial score (nSPS) is 12.0. The van der Waals surface area contributed by atoms with Gasteiger partial charge >= 0.3 is 0 Å². The number of nitrogens with one attached hydrogen (secondary N) is 1. The van der Waals surface area contributed by atoms with Crippen LogP contribution >= 0.6 is 35.4 Å². The van der Waals surface area contributed by atoms with Crippen LogP contribution in [0.15, 0.2) is 47.6 Å². The molecule has 0 aliphatic heterocycles. The molecular formula is C19H18Cl2N4S. The standard InChI is InChI=1S/C19H18Cl2N4S/c1-19(2,3)14-7-5-13(6-8-14)17-23-24-18(26)25(17)22-11-12-4-9-15(20)16(21)10-12/h4-11H,1-3H3,(H,24,26)/b22-11-. The molecule has 3 rings (SSSR count). The molecule has 1 heterocycles. The fourth-order valence-electron chi connectivity index (χ4n) is 2.42. The number of nitrogens with zero attached hydrogens (tertiary/aromatic N) is 3. The summed E-state index contributed by atoms with van der Waals surface area (Å²) in [6.07, 6.45) is 1.67. The van der Waals surface area contributed by atoms with Crippen molar-refractivity contribution in [2.75, 3.05) is 0 Å². The Morgan fingerprint density at radius 3 is 2.38 bits per heavy atom. The Labute approximate surface area is 167 Å². The van der Waals surface area contributed by atoms with Crippen LogP contribution in [0.2, 0.25) is 10.0 Å². The van der Waals surface area contributed by atoms with Gasteiger partial charge in [0.1, 0.15) is 0 Å². The van der Waals surface area contributed by atoms with Crippen LogP contribution in [0.4, 0.5) is 0 Å². The van der Waals surface area contributed by atoms with Crippen molar-refractivity contribution in [3.8, 4) is 11.4 Å². The first-order valence-electron chi connectivity index (χ1n) is 8.03. The topological polar surface area (TPSA) is 46.0 Å². The maximum absolute atomic E-state index is 6.04. The monoisotopic (exact) mass is 404 g/mol. The molecule has 1 aromatic heterocycles. The van der Waals surface area contributed by atoms with Gasteiger partial charge in [0.2, 0.25) is 4.77 Å². The molecule has 4 nitrogen and oxygen atoms in total. The SMILES string of the molecule is CC(C)(C)c1ccc(-c2n[nH]c(=S)n2/N=C\c2ccc(Cl)c(Cl)c2)cc1. The van der Waals surface area contributed by atoms with E-state index in [-0.39, 0.29) is 5.41 Å². The zero-order chi connectivity index (χ0) is 18.9. The van der Waals surface area contributed by atoms with E-state index in [9.17, 15) is 0 Å². The van der Waals surface area contributed by atoms with Crippen molar-refractivity contribution < 1.29 is 0 Å². The van der Waals surface area contributed by atoms with Crippen molar-refractivity contribution in [3.63, 3.8) is 0 Å². The predicted octanol–water partition coefficient (Wildman–Crippen LogP) is 6.09. The molecule has 0 radical (unpaired) electrons. The number of benzene rings is 2. The average molecular weight is 405 g/mol. The molecule has 0 aliphatic rings. The molecule has 3 aromatic rings. The third kappa shape index (κ3) is 4.06. The highest BCUT2D eigenvalue weighted by Gasteiger charge is 2.14. The summed E-state index contributed by atoms with van der Waals surface area (Å²) in [7, 11) is 0. The van der Waals surface area contributed by atoms with Gasteiger partial charge in [-0.2, -0.15) is 14.9 Å². The van der Waals surface area contributed by atoms with Crippen LogP contribution in [0.1, 0.15) is 31.9 Å². The van der Waals surface area contributed by atoms with E-state index in [4.69, 9.17) is 35.4 Å². The fourth-order valence-corrected chi connectivity index (χ4v) is 2.91. The van der Waals surface area contributed by atoms with Crippen molar-refractivity contribution in [2.24, 2.45) is 5.10 Å². The molecule has 0 bridgehead atoms. The molecule has 0 aliphatic carbocycles. The molecule has 7 heteroatoms. The first kappa shape index (κ1) is 18.8. The van der Waals surface area contributed by atoms with Crippen LogP contribution in [-0.2, 0) is 5.41 Å². The van der Waals surface area contributed by atoms with E-state index in [1.807, 2.05) is 18.2 Å². The second-order valence-corrected chi connectivity index (χ2v) is 8.11. The van der Waals surface area contributed by atoms with Crippen LogP contribution in [0.25, 0.3) is 11.4 Å². The molecule has 1 N–H and O–H groups in total. The first-order valence-corrected chi connectivity index (χ1v) is 9.20. The minimum Gasteiger partial charge on any atom is -0.250 e. The summed E-state index contributed by atoms with van der Waals surface area (Å²) in [6.45, 7) is 6.54. The highest BCUT2D eigenvalue weighted by atomic mass is 35.5. The third-order valence-corrected chi connectivity index (χ3v) is 4.93. The van der Waals surface area contributed by atoms with E-state index in [1.54, 1.807) is 23.0 Å². The molecule has 134 valence electrons. The second-order valence-electron chi connectivity index (χ2n) is 6.91. The van der Waals surface area contributed by atoms with Gasteiger partial charge in [0.05, 0.1) is 16.3 Å². The number of rotatable bonds is 3. The number of hydrogen-bond donors (Lipinski definition) is 1. The minimum atomic E-state index is 0.0925. The minimum absolute atomic E-state index is 0.0925. The van der Waals surface area contributed by atoms with Gasteiger partial charge in [0, 0.05) is 5.56 Å². The van der Waals surface area contributed by atoms with Gasteiger partial charge in [0.15, 0.2) is 5.82 Å². The van der Waals surface area contributed by atoms with Gasteiger partial charge in [-0.25, -0.2) is 5.10 Å². The maximum Gasteiger partial charge on any atom is 0.216 e. The van der Waals surface area contributed by atoms with Gasteiger partial charge in [-0.15, -0.1) is 0 Å². The lowest BCUT2D eigenvalue weighted by Crippen LogP contribution is -2.10. The molecule has 0 unspecified atom stereocenters. The zero-order valence-corrected chi connectivity index (χ0v) is 17.0. The molecule has 0 amide bonds. The second kappa shape index (κ2) is 7.35. The average Bonchev–Trinajstić information content (AvgIpc) is 2.96.